The number of hydrogen-bond acceptors (Lipinski definition) is 4. The molecule has 0 amide bonds. The molecule has 0 saturated carbocycles. The Morgan fingerprint density at radius 2 is 2.00 bits per heavy atom. The Morgan fingerprint density at radius 3 is 2.84 bits per heavy atom. The second-order valence-corrected chi connectivity index (χ2v) is 4.39. The molecule has 4 N–H and O–H groups in total. The Labute approximate surface area is 110 Å². The molecule has 96 valence electrons. The van der Waals surface area contributed by atoms with Crippen molar-refractivity contribution in [3.05, 3.63) is 48.3 Å². The first kappa shape index (κ1) is 11.5. The number of imidazole rings is 1. The largest absolute Gasteiger partial charge is 0.399 e. The summed E-state index contributed by atoms with van der Waals surface area (Å²) in [7, 11) is 0. The number of pyridine rings is 1. The molecular formula is C14H15N5. The molecule has 0 unspecified atom stereocenters. The number of hydrogen-bond donors (Lipinski definition) is 3. The van der Waals surface area contributed by atoms with Crippen molar-refractivity contribution in [3.8, 4) is 0 Å². The molecule has 3 aromatic rings. The summed E-state index contributed by atoms with van der Waals surface area (Å²) in [6, 6.07) is 9.68. The standard InChI is InChI=1S/C14H15N5/c15-11-1-2-12-13(9-11)19-14(18-12)17-8-5-10-3-6-16-7-4-10/h1-4,6-7,9H,5,8,15H2,(H2,17,18,19). The number of nitrogen functional groups attached to an aromatic ring is 1. The van der Waals surface area contributed by atoms with Gasteiger partial charge >= 0.3 is 0 Å². The number of H-pyrrole nitrogens is 1. The van der Waals surface area contributed by atoms with Gasteiger partial charge in [-0.3, -0.25) is 4.98 Å². The third kappa shape index (κ3) is 2.65. The minimum Gasteiger partial charge on any atom is -0.399 e. The van der Waals surface area contributed by atoms with E-state index in [0.717, 1.165) is 35.6 Å². The Hall–Kier alpha value is -2.56. The molecule has 5 heteroatoms. The van der Waals surface area contributed by atoms with Gasteiger partial charge < -0.3 is 16.0 Å². The van der Waals surface area contributed by atoms with Gasteiger partial charge in [-0.25, -0.2) is 4.98 Å². The average Bonchev–Trinajstić information content (AvgIpc) is 2.82. The van der Waals surface area contributed by atoms with Gasteiger partial charge in [0, 0.05) is 24.6 Å². The number of aromatic amines is 1. The fourth-order valence-electron chi connectivity index (χ4n) is 1.99. The van der Waals surface area contributed by atoms with Gasteiger partial charge in [0.25, 0.3) is 0 Å². The highest BCUT2D eigenvalue weighted by Crippen LogP contribution is 2.16. The second kappa shape index (κ2) is 4.97. The van der Waals surface area contributed by atoms with E-state index < -0.39 is 0 Å². The summed E-state index contributed by atoms with van der Waals surface area (Å²) >= 11 is 0. The molecule has 2 heterocycles. The number of fused-ring (bicyclic) bond motifs is 1. The monoisotopic (exact) mass is 253 g/mol. The first-order valence-corrected chi connectivity index (χ1v) is 6.19. The van der Waals surface area contributed by atoms with Crippen molar-refractivity contribution >= 4 is 22.7 Å². The Bertz CT molecular complexity index is 675. The highest BCUT2D eigenvalue weighted by molar-refractivity contribution is 5.80. The maximum Gasteiger partial charge on any atom is 0.201 e. The van der Waals surface area contributed by atoms with E-state index in [4.69, 9.17) is 5.73 Å². The van der Waals surface area contributed by atoms with Gasteiger partial charge in [0.05, 0.1) is 11.0 Å². The molecule has 0 fully saturated rings. The lowest BCUT2D eigenvalue weighted by atomic mass is 10.2. The zero-order valence-electron chi connectivity index (χ0n) is 10.4. The van der Waals surface area contributed by atoms with Crippen LogP contribution in [0.1, 0.15) is 5.56 Å². The van der Waals surface area contributed by atoms with Crippen molar-refractivity contribution in [1.29, 1.82) is 0 Å². The van der Waals surface area contributed by atoms with Crippen LogP contribution >= 0.6 is 0 Å². The van der Waals surface area contributed by atoms with E-state index in [1.165, 1.54) is 5.56 Å². The zero-order chi connectivity index (χ0) is 13.1. The van der Waals surface area contributed by atoms with Gasteiger partial charge in [0.1, 0.15) is 0 Å². The smallest absolute Gasteiger partial charge is 0.201 e. The molecule has 2 aromatic heterocycles. The summed E-state index contributed by atoms with van der Waals surface area (Å²) in [4.78, 5) is 11.7. The molecule has 0 saturated heterocycles. The van der Waals surface area contributed by atoms with E-state index in [1.54, 1.807) is 12.4 Å². The Kier molecular flexibility index (Phi) is 3.02. The number of benzene rings is 1. The summed E-state index contributed by atoms with van der Waals surface area (Å²) in [5.74, 6) is 0.773. The van der Waals surface area contributed by atoms with Gasteiger partial charge in [-0.05, 0) is 42.3 Å². The Morgan fingerprint density at radius 1 is 1.16 bits per heavy atom. The molecule has 0 aliphatic rings. The average molecular weight is 253 g/mol. The number of nitrogens with one attached hydrogen (secondary N) is 2. The van der Waals surface area contributed by atoms with Crippen molar-refractivity contribution < 1.29 is 0 Å². The van der Waals surface area contributed by atoms with E-state index in [2.05, 4.69) is 20.3 Å². The molecule has 0 bridgehead atoms. The molecular weight excluding hydrogens is 238 g/mol. The van der Waals surface area contributed by atoms with Crippen LogP contribution in [0.5, 0.6) is 0 Å². The third-order valence-electron chi connectivity index (χ3n) is 2.96. The fourth-order valence-corrected chi connectivity index (χ4v) is 1.99. The fraction of sp³-hybridized carbons (Fsp3) is 0.143. The summed E-state index contributed by atoms with van der Waals surface area (Å²) in [5, 5.41) is 3.27. The van der Waals surface area contributed by atoms with Crippen LogP contribution in [-0.2, 0) is 6.42 Å². The summed E-state index contributed by atoms with van der Waals surface area (Å²) in [6.07, 6.45) is 4.54. The van der Waals surface area contributed by atoms with Crippen molar-refractivity contribution in [1.82, 2.24) is 15.0 Å². The summed E-state index contributed by atoms with van der Waals surface area (Å²) in [6.45, 7) is 0.819. The van der Waals surface area contributed by atoms with Gasteiger partial charge in [-0.2, -0.15) is 0 Å². The highest BCUT2D eigenvalue weighted by atomic mass is 15.1. The van der Waals surface area contributed by atoms with Crippen LogP contribution < -0.4 is 11.1 Å². The quantitative estimate of drug-likeness (QED) is 0.623. The maximum absolute atomic E-state index is 5.74. The minimum atomic E-state index is 0.736. The number of nitrogens with zero attached hydrogens (tertiary/aromatic N) is 2. The highest BCUT2D eigenvalue weighted by Gasteiger charge is 2.02. The van der Waals surface area contributed by atoms with E-state index in [0.29, 0.717) is 0 Å². The normalized spacial score (nSPS) is 10.7. The molecule has 1 aromatic carbocycles. The number of anilines is 2. The first-order chi connectivity index (χ1) is 9.31. The van der Waals surface area contributed by atoms with Crippen LogP contribution in [0.3, 0.4) is 0 Å². The van der Waals surface area contributed by atoms with Crippen molar-refractivity contribution in [2.75, 3.05) is 17.6 Å². The molecule has 5 nitrogen and oxygen atoms in total. The summed E-state index contributed by atoms with van der Waals surface area (Å²) in [5.41, 5.74) is 9.59. The van der Waals surface area contributed by atoms with Crippen molar-refractivity contribution in [2.24, 2.45) is 0 Å². The van der Waals surface area contributed by atoms with Crippen molar-refractivity contribution in [3.63, 3.8) is 0 Å². The van der Waals surface area contributed by atoms with Gasteiger partial charge in [0.2, 0.25) is 5.95 Å². The molecule has 0 aliphatic carbocycles. The predicted octanol–water partition coefficient (Wildman–Crippen LogP) is 2.19. The number of aromatic nitrogens is 3. The van der Waals surface area contributed by atoms with Gasteiger partial charge in [0.15, 0.2) is 0 Å². The van der Waals surface area contributed by atoms with Crippen LogP contribution in [-0.4, -0.2) is 21.5 Å². The SMILES string of the molecule is Nc1ccc2nc(NCCc3ccncc3)[nH]c2c1. The van der Waals surface area contributed by atoms with Crippen LogP contribution in [0.2, 0.25) is 0 Å². The van der Waals surface area contributed by atoms with Crippen LogP contribution in [0.25, 0.3) is 11.0 Å². The maximum atomic E-state index is 5.74. The molecule has 0 aliphatic heterocycles. The van der Waals surface area contributed by atoms with E-state index in [9.17, 15) is 0 Å². The molecule has 0 spiro atoms. The van der Waals surface area contributed by atoms with E-state index in [1.807, 2.05) is 30.3 Å². The van der Waals surface area contributed by atoms with E-state index in [-0.39, 0.29) is 0 Å². The Balaban J connectivity index is 1.65. The van der Waals surface area contributed by atoms with Crippen LogP contribution in [0, 0.1) is 0 Å². The van der Waals surface area contributed by atoms with Crippen LogP contribution in [0.4, 0.5) is 11.6 Å². The first-order valence-electron chi connectivity index (χ1n) is 6.19. The third-order valence-corrected chi connectivity index (χ3v) is 2.96. The zero-order valence-corrected chi connectivity index (χ0v) is 10.4. The second-order valence-electron chi connectivity index (χ2n) is 4.39. The number of rotatable bonds is 4. The van der Waals surface area contributed by atoms with Gasteiger partial charge in [-0.15, -0.1) is 0 Å². The number of nitrogens with two attached hydrogens (primary N) is 1. The predicted molar refractivity (Wildman–Crippen MR) is 76.9 cm³/mol. The molecule has 0 atom stereocenters. The van der Waals surface area contributed by atoms with Crippen molar-refractivity contribution in [2.45, 2.75) is 6.42 Å². The lowest BCUT2D eigenvalue weighted by Gasteiger charge is -2.02. The lowest BCUT2D eigenvalue weighted by molar-refractivity contribution is 0.994. The topological polar surface area (TPSA) is 79.6 Å². The molecule has 0 radical (unpaired) electrons. The van der Waals surface area contributed by atoms with E-state index >= 15 is 0 Å². The van der Waals surface area contributed by atoms with Crippen LogP contribution in [0.15, 0.2) is 42.7 Å². The van der Waals surface area contributed by atoms with Gasteiger partial charge in [-0.1, -0.05) is 0 Å². The lowest BCUT2D eigenvalue weighted by Crippen LogP contribution is -2.05. The molecule has 3 rings (SSSR count). The summed E-state index contributed by atoms with van der Waals surface area (Å²) < 4.78 is 0. The molecule has 19 heavy (non-hydrogen) atoms. The minimum absolute atomic E-state index is 0.736.